The summed E-state index contributed by atoms with van der Waals surface area (Å²) in [4.78, 5) is 11.2. The smallest absolute Gasteiger partial charge is 0.273 e. The lowest BCUT2D eigenvalue weighted by atomic mass is 10.3. The fraction of sp³-hybridized carbons (Fsp3) is 0.500. The first kappa shape index (κ1) is 10.0. The van der Waals surface area contributed by atoms with Crippen LogP contribution in [0.5, 0.6) is 0 Å². The summed E-state index contributed by atoms with van der Waals surface area (Å²) in [5.74, 6) is -0.443. The Balaban J connectivity index is 2.50. The molecule has 1 aromatic heterocycles. The van der Waals surface area contributed by atoms with Gasteiger partial charge in [0.05, 0.1) is 37.2 Å². The molecule has 0 aliphatic heterocycles. The first-order valence-electron chi connectivity index (χ1n) is 3.58. The zero-order valence-electron chi connectivity index (χ0n) is 6.67. The Hall–Kier alpha value is -1.05. The van der Waals surface area contributed by atoms with Gasteiger partial charge >= 0.3 is 0 Å². The molecule has 0 fully saturated rings. The van der Waals surface area contributed by atoms with Crippen LogP contribution in [0.2, 0.25) is 0 Å². The van der Waals surface area contributed by atoms with E-state index in [1.54, 1.807) is 0 Å². The second-order valence-electron chi connectivity index (χ2n) is 2.33. The van der Waals surface area contributed by atoms with E-state index in [0.29, 0.717) is 0 Å². The van der Waals surface area contributed by atoms with E-state index in [1.807, 2.05) is 0 Å². The number of aliphatic hydroxyl groups excluding tert-OH is 2. The number of hydrogen-bond donors (Lipinski definition) is 3. The van der Waals surface area contributed by atoms with Crippen molar-refractivity contribution in [1.29, 1.82) is 0 Å². The first-order valence-corrected chi connectivity index (χ1v) is 4.31. The molecule has 1 heterocycles. The van der Waals surface area contributed by atoms with E-state index in [2.05, 4.69) is 14.1 Å². The maximum Gasteiger partial charge on any atom is 0.273 e. The Bertz CT molecular complexity index is 260. The average Bonchev–Trinajstić information content (AvgIpc) is 2.66. The van der Waals surface area contributed by atoms with Crippen LogP contribution in [0.1, 0.15) is 10.5 Å². The van der Waals surface area contributed by atoms with E-state index in [-0.39, 0.29) is 18.9 Å². The number of rotatable bonds is 4. The van der Waals surface area contributed by atoms with Gasteiger partial charge in [0, 0.05) is 0 Å². The summed E-state index contributed by atoms with van der Waals surface area (Å²) in [5.41, 5.74) is 0.192. The molecule has 0 atom stereocenters. The van der Waals surface area contributed by atoms with Crippen molar-refractivity contribution in [2.24, 2.45) is 0 Å². The Kier molecular flexibility index (Phi) is 3.74. The van der Waals surface area contributed by atoms with Crippen molar-refractivity contribution < 1.29 is 15.0 Å². The van der Waals surface area contributed by atoms with E-state index in [1.165, 1.54) is 6.20 Å². The van der Waals surface area contributed by atoms with Crippen molar-refractivity contribution in [2.75, 3.05) is 13.2 Å². The summed E-state index contributed by atoms with van der Waals surface area (Å²) in [6.07, 6.45) is 1.33. The molecular formula is C6H9N3O3S. The lowest BCUT2D eigenvalue weighted by Gasteiger charge is -2.11. The summed E-state index contributed by atoms with van der Waals surface area (Å²) in [7, 11) is 0. The van der Waals surface area contributed by atoms with Crippen molar-refractivity contribution in [3.05, 3.63) is 11.9 Å². The molecule has 1 rings (SSSR count). The molecule has 3 N–H and O–H groups in total. The van der Waals surface area contributed by atoms with E-state index in [0.717, 1.165) is 11.7 Å². The molecule has 0 radical (unpaired) electrons. The minimum Gasteiger partial charge on any atom is -0.394 e. The van der Waals surface area contributed by atoms with Crippen molar-refractivity contribution in [2.45, 2.75) is 6.04 Å². The van der Waals surface area contributed by atoms with E-state index >= 15 is 0 Å². The van der Waals surface area contributed by atoms with Gasteiger partial charge in [-0.3, -0.25) is 4.79 Å². The second-order valence-corrected chi connectivity index (χ2v) is 2.88. The van der Waals surface area contributed by atoms with Crippen LogP contribution < -0.4 is 5.32 Å². The van der Waals surface area contributed by atoms with Gasteiger partial charge in [-0.1, -0.05) is 0 Å². The van der Waals surface area contributed by atoms with Gasteiger partial charge in [0.25, 0.3) is 5.91 Å². The fourth-order valence-electron chi connectivity index (χ4n) is 0.673. The zero-order valence-corrected chi connectivity index (χ0v) is 7.49. The van der Waals surface area contributed by atoms with Gasteiger partial charge < -0.3 is 15.5 Å². The normalized spacial score (nSPS) is 10.4. The predicted octanol–water partition coefficient (Wildman–Crippen LogP) is -1.38. The molecule has 0 aromatic carbocycles. The van der Waals surface area contributed by atoms with E-state index < -0.39 is 11.9 Å². The molecule has 0 aliphatic carbocycles. The SMILES string of the molecule is O=C(NC(CO)CO)c1cnsn1. The van der Waals surface area contributed by atoms with Gasteiger partial charge in [-0.2, -0.15) is 8.75 Å². The van der Waals surface area contributed by atoms with Crippen LogP contribution in [0.3, 0.4) is 0 Å². The molecule has 13 heavy (non-hydrogen) atoms. The second kappa shape index (κ2) is 4.85. The quantitative estimate of drug-likeness (QED) is 0.560. The summed E-state index contributed by atoms with van der Waals surface area (Å²) in [6, 6.07) is -0.644. The van der Waals surface area contributed by atoms with Crippen LogP contribution >= 0.6 is 11.7 Å². The number of aliphatic hydroxyl groups is 2. The van der Waals surface area contributed by atoms with E-state index in [9.17, 15) is 4.79 Å². The summed E-state index contributed by atoms with van der Waals surface area (Å²) < 4.78 is 7.34. The van der Waals surface area contributed by atoms with Crippen molar-refractivity contribution >= 4 is 17.6 Å². The van der Waals surface area contributed by atoms with Gasteiger partial charge in [-0.25, -0.2) is 0 Å². The van der Waals surface area contributed by atoms with Crippen LogP contribution in [-0.4, -0.2) is 44.1 Å². The molecule has 0 saturated carbocycles. The monoisotopic (exact) mass is 203 g/mol. The molecule has 7 heteroatoms. The van der Waals surface area contributed by atoms with Crippen molar-refractivity contribution in [3.63, 3.8) is 0 Å². The molecule has 1 aromatic rings. The number of hydrogen-bond acceptors (Lipinski definition) is 6. The van der Waals surface area contributed by atoms with E-state index in [4.69, 9.17) is 10.2 Å². The topological polar surface area (TPSA) is 95.3 Å². The number of carbonyl (C=O) groups excluding carboxylic acids is 1. The molecule has 72 valence electrons. The highest BCUT2D eigenvalue weighted by atomic mass is 32.1. The lowest BCUT2D eigenvalue weighted by molar-refractivity contribution is 0.0875. The number of nitrogens with zero attached hydrogens (tertiary/aromatic N) is 2. The van der Waals surface area contributed by atoms with Gasteiger partial charge in [0.2, 0.25) is 0 Å². The molecule has 0 bridgehead atoms. The van der Waals surface area contributed by atoms with Gasteiger partial charge in [-0.05, 0) is 0 Å². The van der Waals surface area contributed by atoms with Gasteiger partial charge in [0.15, 0.2) is 5.69 Å². The van der Waals surface area contributed by atoms with Crippen LogP contribution in [0, 0.1) is 0 Å². The van der Waals surface area contributed by atoms with Gasteiger partial charge in [0.1, 0.15) is 0 Å². The Morgan fingerprint density at radius 2 is 2.31 bits per heavy atom. The number of aromatic nitrogens is 2. The number of amides is 1. The number of nitrogens with one attached hydrogen (secondary N) is 1. The molecule has 1 amide bonds. The Morgan fingerprint density at radius 1 is 1.62 bits per heavy atom. The number of carbonyl (C=O) groups is 1. The zero-order chi connectivity index (χ0) is 9.68. The standard InChI is InChI=1S/C6H9N3O3S/c10-2-4(3-11)8-6(12)5-1-7-13-9-5/h1,4,10-11H,2-3H2,(H,8,12). The highest BCUT2D eigenvalue weighted by Gasteiger charge is 2.13. The maximum atomic E-state index is 11.2. The first-order chi connectivity index (χ1) is 6.27. The van der Waals surface area contributed by atoms with Crippen LogP contribution in [0.4, 0.5) is 0 Å². The highest BCUT2D eigenvalue weighted by Crippen LogP contribution is 1.95. The average molecular weight is 203 g/mol. The fourth-order valence-corrected chi connectivity index (χ4v) is 1.09. The Labute approximate surface area is 78.6 Å². The largest absolute Gasteiger partial charge is 0.394 e. The Morgan fingerprint density at radius 3 is 2.77 bits per heavy atom. The van der Waals surface area contributed by atoms with Gasteiger partial charge in [-0.15, -0.1) is 0 Å². The molecular weight excluding hydrogens is 194 g/mol. The van der Waals surface area contributed by atoms with Crippen LogP contribution in [-0.2, 0) is 0 Å². The third kappa shape index (κ3) is 2.72. The molecule has 0 unspecified atom stereocenters. The van der Waals surface area contributed by atoms with Crippen molar-refractivity contribution in [3.8, 4) is 0 Å². The summed E-state index contributed by atoms with van der Waals surface area (Å²) >= 11 is 0.924. The third-order valence-corrected chi connectivity index (χ3v) is 1.85. The molecule has 0 aliphatic rings. The predicted molar refractivity (Wildman–Crippen MR) is 45.3 cm³/mol. The van der Waals surface area contributed by atoms with Crippen LogP contribution in [0.15, 0.2) is 6.20 Å². The third-order valence-electron chi connectivity index (χ3n) is 1.37. The van der Waals surface area contributed by atoms with Crippen LogP contribution in [0.25, 0.3) is 0 Å². The maximum absolute atomic E-state index is 11.2. The lowest BCUT2D eigenvalue weighted by Crippen LogP contribution is -2.40. The molecule has 0 spiro atoms. The highest BCUT2D eigenvalue weighted by molar-refractivity contribution is 6.99. The minimum atomic E-state index is -0.644. The van der Waals surface area contributed by atoms with Crippen molar-refractivity contribution in [1.82, 2.24) is 14.1 Å². The minimum absolute atomic E-state index is 0.192. The molecule has 0 saturated heterocycles. The molecule has 6 nitrogen and oxygen atoms in total. The summed E-state index contributed by atoms with van der Waals surface area (Å²) in [5, 5.41) is 19.7. The summed E-state index contributed by atoms with van der Waals surface area (Å²) in [6.45, 7) is -0.611.